The normalized spacial score (nSPS) is 11.8. The highest BCUT2D eigenvalue weighted by Gasteiger charge is 2.22. The first-order chi connectivity index (χ1) is 10.0. The molecule has 21 heavy (non-hydrogen) atoms. The molecule has 1 rings (SSSR count). The van der Waals surface area contributed by atoms with Gasteiger partial charge < -0.3 is 15.4 Å². The van der Waals surface area contributed by atoms with Crippen LogP contribution in [0.15, 0.2) is 18.2 Å². The van der Waals surface area contributed by atoms with Crippen molar-refractivity contribution >= 4 is 17.3 Å². The van der Waals surface area contributed by atoms with Crippen molar-refractivity contribution < 1.29 is 14.5 Å². The maximum atomic E-state index is 12.3. The fourth-order valence-corrected chi connectivity index (χ4v) is 1.97. The minimum absolute atomic E-state index is 0.107. The lowest BCUT2D eigenvalue weighted by molar-refractivity contribution is -0.384. The number of nitrogens with zero attached hydrogens (tertiary/aromatic N) is 1. The van der Waals surface area contributed by atoms with Gasteiger partial charge in [0.15, 0.2) is 0 Å². The predicted molar refractivity (Wildman–Crippen MR) is 80.7 cm³/mol. The third-order valence-corrected chi connectivity index (χ3v) is 3.03. The highest BCUT2D eigenvalue weighted by molar-refractivity contribution is 6.01. The van der Waals surface area contributed by atoms with Gasteiger partial charge in [0.25, 0.3) is 11.6 Å². The van der Waals surface area contributed by atoms with Crippen molar-refractivity contribution in [1.82, 2.24) is 5.32 Å². The predicted octanol–water partition coefficient (Wildman–Crippen LogP) is 2.18. The summed E-state index contributed by atoms with van der Waals surface area (Å²) in [7, 11) is 1.56. The summed E-state index contributed by atoms with van der Waals surface area (Å²) < 4.78 is 5.03. The first-order valence-corrected chi connectivity index (χ1v) is 6.86. The van der Waals surface area contributed by atoms with Crippen molar-refractivity contribution in [2.75, 3.05) is 25.6 Å². The Balaban J connectivity index is 3.08. The SMILES string of the molecule is CCNc1c(C(=O)NC(CC)COC)cccc1[N+](=O)[O-]. The molecule has 1 unspecified atom stereocenters. The second-order valence-corrected chi connectivity index (χ2v) is 4.52. The molecule has 7 nitrogen and oxygen atoms in total. The van der Waals surface area contributed by atoms with Crippen LogP contribution in [-0.4, -0.2) is 37.1 Å². The van der Waals surface area contributed by atoms with Crippen LogP contribution in [0.2, 0.25) is 0 Å². The topological polar surface area (TPSA) is 93.5 Å². The van der Waals surface area contributed by atoms with Gasteiger partial charge in [0.2, 0.25) is 0 Å². The van der Waals surface area contributed by atoms with E-state index in [0.717, 1.165) is 0 Å². The number of nitro groups is 1. The number of carbonyl (C=O) groups excluding carboxylic acids is 1. The third kappa shape index (κ3) is 4.42. The summed E-state index contributed by atoms with van der Waals surface area (Å²) in [4.78, 5) is 22.9. The lowest BCUT2D eigenvalue weighted by Crippen LogP contribution is -2.37. The summed E-state index contributed by atoms with van der Waals surface area (Å²) in [6.07, 6.45) is 0.713. The molecule has 2 N–H and O–H groups in total. The number of hydrogen-bond donors (Lipinski definition) is 2. The standard InChI is InChI=1S/C14H21N3O4/c1-4-10(9-21-3)16-14(18)11-7-6-8-12(17(19)20)13(11)15-5-2/h6-8,10,15H,4-5,9H2,1-3H3,(H,16,18). The van der Waals surface area contributed by atoms with Crippen LogP contribution in [0.25, 0.3) is 0 Å². The van der Waals surface area contributed by atoms with Crippen LogP contribution in [-0.2, 0) is 4.74 Å². The Hall–Kier alpha value is -2.15. The Bertz CT molecular complexity index is 505. The molecule has 1 aromatic rings. The summed E-state index contributed by atoms with van der Waals surface area (Å²) in [6.45, 7) is 4.63. The molecule has 0 heterocycles. The van der Waals surface area contributed by atoms with Crippen LogP contribution in [0.4, 0.5) is 11.4 Å². The highest BCUT2D eigenvalue weighted by Crippen LogP contribution is 2.28. The summed E-state index contributed by atoms with van der Waals surface area (Å²) >= 11 is 0. The van der Waals surface area contributed by atoms with Crippen molar-refractivity contribution in [3.63, 3.8) is 0 Å². The van der Waals surface area contributed by atoms with E-state index in [0.29, 0.717) is 19.6 Å². The first-order valence-electron chi connectivity index (χ1n) is 6.86. The van der Waals surface area contributed by atoms with Gasteiger partial charge in [-0.2, -0.15) is 0 Å². The molecule has 0 saturated carbocycles. The Morgan fingerprint density at radius 2 is 2.14 bits per heavy atom. The summed E-state index contributed by atoms with van der Waals surface area (Å²) in [6, 6.07) is 4.32. The number of rotatable bonds is 8. The molecule has 0 spiro atoms. The third-order valence-electron chi connectivity index (χ3n) is 3.03. The van der Waals surface area contributed by atoms with Gasteiger partial charge in [-0.15, -0.1) is 0 Å². The molecule has 7 heteroatoms. The van der Waals surface area contributed by atoms with Crippen molar-refractivity contribution in [2.24, 2.45) is 0 Å². The van der Waals surface area contributed by atoms with Gasteiger partial charge >= 0.3 is 0 Å². The van der Waals surface area contributed by atoms with E-state index in [1.54, 1.807) is 13.2 Å². The van der Waals surface area contributed by atoms with Gasteiger partial charge in [0, 0.05) is 19.7 Å². The molecule has 0 aliphatic carbocycles. The summed E-state index contributed by atoms with van der Waals surface area (Å²) in [5.74, 6) is -0.349. The molecule has 1 atom stereocenters. The first kappa shape index (κ1) is 16.9. The van der Waals surface area contributed by atoms with Crippen molar-refractivity contribution in [1.29, 1.82) is 0 Å². The maximum absolute atomic E-state index is 12.3. The number of ether oxygens (including phenoxy) is 1. The van der Waals surface area contributed by atoms with E-state index in [1.165, 1.54) is 12.1 Å². The lowest BCUT2D eigenvalue weighted by atomic mass is 10.1. The van der Waals surface area contributed by atoms with Crippen molar-refractivity contribution in [3.8, 4) is 0 Å². The van der Waals surface area contributed by atoms with Crippen molar-refractivity contribution in [3.05, 3.63) is 33.9 Å². The number of benzene rings is 1. The molecule has 0 fully saturated rings. The van der Waals surface area contributed by atoms with Gasteiger partial charge in [-0.1, -0.05) is 13.0 Å². The van der Waals surface area contributed by atoms with Crippen LogP contribution in [0.5, 0.6) is 0 Å². The molecule has 0 aromatic heterocycles. The number of nitrogens with one attached hydrogen (secondary N) is 2. The van der Waals surface area contributed by atoms with E-state index >= 15 is 0 Å². The number of amides is 1. The van der Waals surface area contributed by atoms with Crippen molar-refractivity contribution in [2.45, 2.75) is 26.3 Å². The molecular weight excluding hydrogens is 274 g/mol. The largest absolute Gasteiger partial charge is 0.383 e. The molecule has 0 radical (unpaired) electrons. The molecule has 116 valence electrons. The van der Waals surface area contributed by atoms with E-state index in [2.05, 4.69) is 10.6 Å². The Morgan fingerprint density at radius 1 is 1.43 bits per heavy atom. The average molecular weight is 295 g/mol. The minimum atomic E-state index is -0.499. The van der Waals surface area contributed by atoms with Gasteiger partial charge in [-0.3, -0.25) is 14.9 Å². The molecular formula is C14H21N3O4. The molecule has 0 aliphatic rings. The highest BCUT2D eigenvalue weighted by atomic mass is 16.6. The monoisotopic (exact) mass is 295 g/mol. The Labute approximate surface area is 123 Å². The number of nitro benzene ring substituents is 1. The number of para-hydroxylation sites is 1. The number of hydrogen-bond acceptors (Lipinski definition) is 5. The second-order valence-electron chi connectivity index (χ2n) is 4.52. The maximum Gasteiger partial charge on any atom is 0.293 e. The van der Waals surface area contributed by atoms with E-state index in [1.807, 2.05) is 13.8 Å². The zero-order valence-electron chi connectivity index (χ0n) is 12.5. The Kier molecular flexibility index (Phi) is 6.61. The quantitative estimate of drug-likeness (QED) is 0.566. The fraction of sp³-hybridized carbons (Fsp3) is 0.500. The van der Waals surface area contributed by atoms with Gasteiger partial charge in [-0.05, 0) is 19.4 Å². The van der Waals surface area contributed by atoms with Gasteiger partial charge in [0.05, 0.1) is 23.1 Å². The number of anilines is 1. The summed E-state index contributed by atoms with van der Waals surface area (Å²) in [5.41, 5.74) is 0.402. The fourth-order valence-electron chi connectivity index (χ4n) is 1.97. The molecule has 0 aliphatic heterocycles. The van der Waals surface area contributed by atoms with Gasteiger partial charge in [0.1, 0.15) is 5.69 Å². The van der Waals surface area contributed by atoms with E-state index in [-0.39, 0.29) is 28.9 Å². The number of methoxy groups -OCH3 is 1. The zero-order chi connectivity index (χ0) is 15.8. The second kappa shape index (κ2) is 8.21. The van der Waals surface area contributed by atoms with Crippen LogP contribution in [0, 0.1) is 10.1 Å². The molecule has 1 aromatic carbocycles. The number of carbonyl (C=O) groups is 1. The molecule has 1 amide bonds. The lowest BCUT2D eigenvalue weighted by Gasteiger charge is -2.17. The van der Waals surface area contributed by atoms with E-state index < -0.39 is 4.92 Å². The van der Waals surface area contributed by atoms with Gasteiger partial charge in [-0.25, -0.2) is 0 Å². The summed E-state index contributed by atoms with van der Waals surface area (Å²) in [5, 5.41) is 16.8. The smallest absolute Gasteiger partial charge is 0.293 e. The average Bonchev–Trinajstić information content (AvgIpc) is 2.46. The zero-order valence-corrected chi connectivity index (χ0v) is 12.5. The van der Waals surface area contributed by atoms with E-state index in [9.17, 15) is 14.9 Å². The molecule has 0 bridgehead atoms. The minimum Gasteiger partial charge on any atom is -0.383 e. The molecule has 0 saturated heterocycles. The van der Waals surface area contributed by atoms with Crippen LogP contribution in [0.1, 0.15) is 30.6 Å². The van der Waals surface area contributed by atoms with E-state index in [4.69, 9.17) is 4.74 Å². The van der Waals surface area contributed by atoms with Crippen LogP contribution >= 0.6 is 0 Å². The van der Waals surface area contributed by atoms with Crippen LogP contribution < -0.4 is 10.6 Å². The van der Waals surface area contributed by atoms with Crippen LogP contribution in [0.3, 0.4) is 0 Å². The Morgan fingerprint density at radius 3 is 2.67 bits per heavy atom.